The lowest BCUT2D eigenvalue weighted by molar-refractivity contribution is -0.139. The number of carboxylic acid groups (broad SMARTS) is 1. The average molecular weight is 584 g/mol. The molecule has 1 unspecified atom stereocenters. The molecule has 12 heteroatoms. The largest absolute Gasteiger partial charge is 0.513 e. The first kappa shape index (κ1) is 35.5. The predicted octanol–water partition coefficient (Wildman–Crippen LogP) is 6.02. The van der Waals surface area contributed by atoms with Crippen molar-refractivity contribution < 1.29 is 52.7 Å². The number of hydrogen-bond acceptors (Lipinski definition) is 11. The van der Waals surface area contributed by atoms with Crippen molar-refractivity contribution in [1.29, 1.82) is 0 Å². The van der Waals surface area contributed by atoms with E-state index in [1.165, 1.54) is 18.2 Å². The Balaban J connectivity index is 2.94. The summed E-state index contributed by atoms with van der Waals surface area (Å²) in [7, 11) is 0. The summed E-state index contributed by atoms with van der Waals surface area (Å²) in [5.74, 6) is -1.36. The molecule has 0 saturated heterocycles. The monoisotopic (exact) mass is 583 g/mol. The Kier molecular flexibility index (Phi) is 16.2. The van der Waals surface area contributed by atoms with Crippen LogP contribution in [0.4, 0.5) is 14.4 Å². The zero-order chi connectivity index (χ0) is 30.8. The molecule has 1 rings (SSSR count). The predicted molar refractivity (Wildman–Crippen MR) is 149 cm³/mol. The minimum Gasteiger partial charge on any atom is -0.480 e. The lowest BCUT2D eigenvalue weighted by atomic mass is 10.0. The highest BCUT2D eigenvalue weighted by molar-refractivity contribution is 5.74. The van der Waals surface area contributed by atoms with Gasteiger partial charge in [0.15, 0.2) is 11.5 Å². The minimum absolute atomic E-state index is 0.0296. The Morgan fingerprint density at radius 2 is 1.41 bits per heavy atom. The third-order valence-corrected chi connectivity index (χ3v) is 5.41. The van der Waals surface area contributed by atoms with Gasteiger partial charge in [-0.1, -0.05) is 45.6 Å². The number of benzene rings is 1. The van der Waals surface area contributed by atoms with E-state index in [0.717, 1.165) is 25.7 Å². The summed E-state index contributed by atoms with van der Waals surface area (Å²) < 4.78 is 31.0. The minimum atomic E-state index is -1.15. The average Bonchev–Trinajstić information content (AvgIpc) is 2.87. The second kappa shape index (κ2) is 18.7. The number of carbonyl (C=O) groups excluding carboxylic acids is 3. The van der Waals surface area contributed by atoms with E-state index in [9.17, 15) is 24.3 Å². The SMILES string of the molecule is CCCCCOC(=O)Oc1ccc(C[C@H](NCC(C)OC(=O)OC(C)(C)C)C(=O)O)cc1OC(=O)OCCCCC. The van der Waals surface area contributed by atoms with E-state index >= 15 is 0 Å². The van der Waals surface area contributed by atoms with Gasteiger partial charge in [-0.15, -0.1) is 0 Å². The van der Waals surface area contributed by atoms with E-state index in [2.05, 4.69) is 5.32 Å². The summed E-state index contributed by atoms with van der Waals surface area (Å²) in [6.45, 7) is 11.1. The Labute approximate surface area is 241 Å². The van der Waals surface area contributed by atoms with Crippen LogP contribution in [0.3, 0.4) is 0 Å². The molecule has 0 bridgehead atoms. The zero-order valence-electron chi connectivity index (χ0n) is 25.0. The van der Waals surface area contributed by atoms with Crippen molar-refractivity contribution in [2.45, 2.75) is 104 Å². The van der Waals surface area contributed by atoms with Gasteiger partial charge < -0.3 is 38.8 Å². The van der Waals surface area contributed by atoms with Crippen molar-refractivity contribution in [2.75, 3.05) is 19.8 Å². The molecule has 0 aliphatic heterocycles. The summed E-state index contributed by atoms with van der Waals surface area (Å²) in [5.41, 5.74) is -0.264. The first-order valence-corrected chi connectivity index (χ1v) is 14.0. The van der Waals surface area contributed by atoms with E-state index in [4.69, 9.17) is 28.4 Å². The van der Waals surface area contributed by atoms with Crippen LogP contribution >= 0.6 is 0 Å². The molecule has 12 nitrogen and oxygen atoms in total. The maximum Gasteiger partial charge on any atom is 0.513 e. The van der Waals surface area contributed by atoms with Gasteiger partial charge in [-0.05, 0) is 64.7 Å². The molecule has 0 heterocycles. The molecular formula is C29H45NO11. The lowest BCUT2D eigenvalue weighted by Crippen LogP contribution is -2.43. The third-order valence-electron chi connectivity index (χ3n) is 5.41. The molecule has 0 aliphatic rings. The van der Waals surface area contributed by atoms with Gasteiger partial charge in [0.25, 0.3) is 0 Å². The van der Waals surface area contributed by atoms with Crippen LogP contribution in [0.25, 0.3) is 0 Å². The van der Waals surface area contributed by atoms with Gasteiger partial charge in [-0.3, -0.25) is 4.79 Å². The maximum atomic E-state index is 12.3. The van der Waals surface area contributed by atoms with Crippen molar-refractivity contribution >= 4 is 24.4 Å². The second-order valence-electron chi connectivity index (χ2n) is 10.5. The van der Waals surface area contributed by atoms with E-state index in [1.54, 1.807) is 27.7 Å². The van der Waals surface area contributed by atoms with Crippen LogP contribution in [0.5, 0.6) is 11.5 Å². The molecule has 1 aromatic rings. The summed E-state index contributed by atoms with van der Waals surface area (Å²) in [6, 6.07) is 3.24. The molecule has 0 aliphatic carbocycles. The number of aliphatic carboxylic acids is 1. The molecular weight excluding hydrogens is 538 g/mol. The molecule has 0 amide bonds. The first-order valence-electron chi connectivity index (χ1n) is 14.0. The van der Waals surface area contributed by atoms with Crippen molar-refractivity contribution in [3.63, 3.8) is 0 Å². The molecule has 1 aromatic carbocycles. The highest BCUT2D eigenvalue weighted by atomic mass is 16.7. The van der Waals surface area contributed by atoms with Crippen LogP contribution in [-0.2, 0) is 30.2 Å². The molecule has 0 radical (unpaired) electrons. The summed E-state index contributed by atoms with van der Waals surface area (Å²) >= 11 is 0. The number of ether oxygens (including phenoxy) is 6. The molecule has 2 N–H and O–H groups in total. The number of carbonyl (C=O) groups is 4. The number of rotatable bonds is 17. The number of unbranched alkanes of at least 4 members (excludes halogenated alkanes) is 4. The van der Waals surface area contributed by atoms with E-state index in [1.807, 2.05) is 13.8 Å². The summed E-state index contributed by atoms with van der Waals surface area (Å²) in [4.78, 5) is 48.2. The number of carboxylic acids is 1. The lowest BCUT2D eigenvalue weighted by Gasteiger charge is -2.22. The van der Waals surface area contributed by atoms with Crippen LogP contribution in [-0.4, -0.2) is 67.0 Å². The number of nitrogens with one attached hydrogen (secondary N) is 1. The highest BCUT2D eigenvalue weighted by Crippen LogP contribution is 2.30. The maximum absolute atomic E-state index is 12.3. The van der Waals surface area contributed by atoms with E-state index in [-0.39, 0.29) is 37.7 Å². The van der Waals surface area contributed by atoms with Crippen LogP contribution in [0.2, 0.25) is 0 Å². The van der Waals surface area contributed by atoms with Crippen molar-refractivity contribution in [3.8, 4) is 11.5 Å². The molecule has 2 atom stereocenters. The van der Waals surface area contributed by atoms with E-state index in [0.29, 0.717) is 18.4 Å². The van der Waals surface area contributed by atoms with Gasteiger partial charge in [-0.2, -0.15) is 0 Å². The standard InChI is InChI=1S/C29H45NO11/c1-7-9-11-15-36-26(33)39-23-14-13-21(18-24(23)40-27(34)37-16-12-10-8-2)17-22(25(31)32)30-19-20(3)38-28(35)41-29(4,5)6/h13-14,18,20,22,30H,7-12,15-17,19H2,1-6H3,(H,31,32)/t20?,22-/m0/s1. The Morgan fingerprint density at radius 1 is 0.854 bits per heavy atom. The second-order valence-corrected chi connectivity index (χ2v) is 10.5. The zero-order valence-corrected chi connectivity index (χ0v) is 25.0. The first-order chi connectivity index (χ1) is 19.3. The van der Waals surface area contributed by atoms with Crippen LogP contribution in [0.15, 0.2) is 18.2 Å². The summed E-state index contributed by atoms with van der Waals surface area (Å²) in [5, 5.41) is 12.6. The molecule has 0 fully saturated rings. The fourth-order valence-corrected chi connectivity index (χ4v) is 3.37. The van der Waals surface area contributed by atoms with Crippen molar-refractivity contribution in [3.05, 3.63) is 23.8 Å². The van der Waals surface area contributed by atoms with Gasteiger partial charge in [-0.25, -0.2) is 14.4 Å². The van der Waals surface area contributed by atoms with Crippen molar-refractivity contribution in [1.82, 2.24) is 5.32 Å². The Morgan fingerprint density at radius 3 is 1.93 bits per heavy atom. The summed E-state index contributed by atoms with van der Waals surface area (Å²) in [6.07, 6.45) is 1.52. The Hall–Kier alpha value is -3.54. The van der Waals surface area contributed by atoms with Gasteiger partial charge in [0.1, 0.15) is 17.7 Å². The fourth-order valence-electron chi connectivity index (χ4n) is 3.37. The van der Waals surface area contributed by atoms with Gasteiger partial charge in [0, 0.05) is 6.54 Å². The quantitative estimate of drug-likeness (QED) is 0.0952. The van der Waals surface area contributed by atoms with Gasteiger partial charge in [0.2, 0.25) is 0 Å². The van der Waals surface area contributed by atoms with E-state index < -0.39 is 42.2 Å². The van der Waals surface area contributed by atoms with Crippen LogP contribution in [0.1, 0.15) is 85.6 Å². The molecule has 232 valence electrons. The number of hydrogen-bond donors (Lipinski definition) is 2. The highest BCUT2D eigenvalue weighted by Gasteiger charge is 2.24. The molecule has 0 spiro atoms. The fraction of sp³-hybridized carbons (Fsp3) is 0.655. The molecule has 0 saturated carbocycles. The van der Waals surface area contributed by atoms with Crippen LogP contribution in [0, 0.1) is 0 Å². The van der Waals surface area contributed by atoms with Crippen molar-refractivity contribution in [2.24, 2.45) is 0 Å². The molecule has 41 heavy (non-hydrogen) atoms. The third kappa shape index (κ3) is 16.3. The van der Waals surface area contributed by atoms with Gasteiger partial charge in [0.05, 0.1) is 13.2 Å². The molecule has 0 aromatic heterocycles. The topological polar surface area (TPSA) is 156 Å². The smallest absolute Gasteiger partial charge is 0.480 e. The van der Waals surface area contributed by atoms with Crippen LogP contribution < -0.4 is 14.8 Å². The Bertz CT molecular complexity index is 974. The van der Waals surface area contributed by atoms with Gasteiger partial charge >= 0.3 is 24.4 Å². The normalized spacial score (nSPS) is 12.5.